The largest absolute Gasteiger partial charge is 0.573 e. The smallest absolute Gasteiger partial charge is 0.405 e. The van der Waals surface area contributed by atoms with Crippen molar-refractivity contribution in [1.29, 1.82) is 0 Å². The molecule has 8 nitrogen and oxygen atoms in total. The van der Waals surface area contributed by atoms with E-state index >= 15 is 0 Å². The summed E-state index contributed by atoms with van der Waals surface area (Å²) in [4.78, 5) is 19.2. The van der Waals surface area contributed by atoms with Crippen LogP contribution in [0.3, 0.4) is 0 Å². The molecule has 1 aliphatic rings. The van der Waals surface area contributed by atoms with E-state index in [1.54, 1.807) is 6.07 Å². The molecular formula is C23H17F4N5O3. The van der Waals surface area contributed by atoms with Gasteiger partial charge in [-0.2, -0.15) is 10.1 Å². The maximum Gasteiger partial charge on any atom is 0.573 e. The number of aromatic nitrogens is 4. The number of para-hydroxylation sites is 1. The third-order valence-corrected chi connectivity index (χ3v) is 5.60. The lowest BCUT2D eigenvalue weighted by atomic mass is 10.0. The minimum Gasteiger partial charge on any atom is -0.405 e. The number of nitrogens with one attached hydrogen (secondary N) is 1. The highest BCUT2D eigenvalue weighted by Gasteiger charge is 2.37. The molecular weight excluding hydrogens is 470 g/mol. The topological polar surface area (TPSA) is 97.1 Å². The Kier molecular flexibility index (Phi) is 5.71. The summed E-state index contributed by atoms with van der Waals surface area (Å²) in [7, 11) is 0. The molecule has 2 aromatic heterocycles. The Hall–Kier alpha value is -4.22. The normalized spacial score (nSPS) is 16.0. The van der Waals surface area contributed by atoms with E-state index in [-0.39, 0.29) is 22.8 Å². The van der Waals surface area contributed by atoms with E-state index in [4.69, 9.17) is 4.52 Å². The molecule has 1 aliphatic heterocycles. The minimum atomic E-state index is -4.89. The molecule has 1 unspecified atom stereocenters. The summed E-state index contributed by atoms with van der Waals surface area (Å²) in [6, 6.07) is 10.3. The van der Waals surface area contributed by atoms with Gasteiger partial charge in [0.25, 0.3) is 5.91 Å². The fraction of sp³-hybridized carbons (Fsp3) is 0.217. The molecule has 0 radical (unpaired) electrons. The first kappa shape index (κ1) is 22.6. The van der Waals surface area contributed by atoms with Crippen LogP contribution in [-0.2, 0) is 0 Å². The van der Waals surface area contributed by atoms with Gasteiger partial charge in [0, 0.05) is 18.3 Å². The molecule has 0 aliphatic carbocycles. The lowest BCUT2D eigenvalue weighted by Gasteiger charge is -2.23. The zero-order chi connectivity index (χ0) is 24.6. The van der Waals surface area contributed by atoms with Gasteiger partial charge in [0.2, 0.25) is 11.7 Å². The molecule has 180 valence electrons. The van der Waals surface area contributed by atoms with E-state index in [9.17, 15) is 22.4 Å². The highest BCUT2D eigenvalue weighted by molar-refractivity contribution is 6.00. The summed E-state index contributed by atoms with van der Waals surface area (Å²) < 4.78 is 61.9. The second-order valence-corrected chi connectivity index (χ2v) is 7.82. The summed E-state index contributed by atoms with van der Waals surface area (Å²) in [5.74, 6) is -1.54. The van der Waals surface area contributed by atoms with Crippen LogP contribution in [0.4, 0.5) is 17.6 Å². The van der Waals surface area contributed by atoms with Gasteiger partial charge in [-0.15, -0.1) is 13.2 Å². The van der Waals surface area contributed by atoms with Crippen LogP contribution in [0.25, 0.3) is 22.6 Å². The first-order valence-electron chi connectivity index (χ1n) is 10.6. The number of ether oxygens (including phenoxy) is 1. The second-order valence-electron chi connectivity index (χ2n) is 7.82. The van der Waals surface area contributed by atoms with Gasteiger partial charge in [0.1, 0.15) is 17.6 Å². The number of carbonyl (C=O) groups excluding carboxylic acids is 1. The average molecular weight is 487 g/mol. The van der Waals surface area contributed by atoms with Gasteiger partial charge in [-0.1, -0.05) is 17.3 Å². The first-order valence-corrected chi connectivity index (χ1v) is 10.6. The standard InChI is InChI=1S/C23H17F4N5O3/c24-13-7-8-14(17-9-10-28-30-17)16(12-13)22(33)32-11-3-5-18(32)21-29-20(31-35-21)15-4-1-2-6-19(15)34-23(25,26)27/h1-2,4,6-10,12,18H,3,5,11H2,(H,28,30). The van der Waals surface area contributed by atoms with Crippen LogP contribution in [0.15, 0.2) is 59.3 Å². The predicted molar refractivity (Wildman–Crippen MR) is 113 cm³/mol. The van der Waals surface area contributed by atoms with Crippen LogP contribution in [0.1, 0.15) is 35.1 Å². The molecule has 3 heterocycles. The van der Waals surface area contributed by atoms with E-state index < -0.39 is 29.9 Å². The SMILES string of the molecule is O=C(c1cc(F)ccc1-c1ccn[nH]1)N1CCCC1c1nc(-c2ccccc2OC(F)(F)F)no1. The number of likely N-dealkylation sites (tertiary alicyclic amines) is 1. The quantitative estimate of drug-likeness (QED) is 0.392. The van der Waals surface area contributed by atoms with Crippen molar-refractivity contribution >= 4 is 5.91 Å². The number of nitrogens with zero attached hydrogens (tertiary/aromatic N) is 4. The van der Waals surface area contributed by atoms with Crippen LogP contribution in [0.5, 0.6) is 5.75 Å². The summed E-state index contributed by atoms with van der Waals surface area (Å²) in [5, 5.41) is 10.5. The number of rotatable bonds is 5. The Bertz CT molecular complexity index is 1350. The predicted octanol–water partition coefficient (Wildman–Crippen LogP) is 5.14. The molecule has 2 aromatic carbocycles. The number of hydrogen-bond donors (Lipinski definition) is 1. The van der Waals surface area contributed by atoms with Crippen molar-refractivity contribution in [1.82, 2.24) is 25.2 Å². The molecule has 0 spiro atoms. The Labute approximate surface area is 195 Å². The van der Waals surface area contributed by atoms with Crippen molar-refractivity contribution in [3.8, 4) is 28.4 Å². The maximum atomic E-state index is 14.1. The molecule has 1 atom stereocenters. The Morgan fingerprint density at radius 3 is 2.74 bits per heavy atom. The molecule has 1 saturated heterocycles. The van der Waals surface area contributed by atoms with E-state index in [1.165, 1.54) is 41.4 Å². The minimum absolute atomic E-state index is 0.0117. The van der Waals surface area contributed by atoms with Gasteiger partial charge < -0.3 is 14.2 Å². The van der Waals surface area contributed by atoms with Gasteiger partial charge in [-0.25, -0.2) is 4.39 Å². The number of carbonyl (C=O) groups is 1. The zero-order valence-electron chi connectivity index (χ0n) is 17.9. The number of halogens is 4. The summed E-state index contributed by atoms with van der Waals surface area (Å²) in [5.41, 5.74) is 1.14. The molecule has 12 heteroatoms. The summed E-state index contributed by atoms with van der Waals surface area (Å²) in [6.07, 6.45) is -2.26. The first-order chi connectivity index (χ1) is 16.8. The molecule has 0 saturated carbocycles. The van der Waals surface area contributed by atoms with E-state index in [2.05, 4.69) is 25.1 Å². The third-order valence-electron chi connectivity index (χ3n) is 5.60. The molecule has 4 aromatic rings. The number of aromatic amines is 1. The van der Waals surface area contributed by atoms with Crippen molar-refractivity contribution in [2.24, 2.45) is 0 Å². The van der Waals surface area contributed by atoms with Crippen LogP contribution in [-0.4, -0.2) is 44.1 Å². The fourth-order valence-electron chi connectivity index (χ4n) is 4.10. The van der Waals surface area contributed by atoms with Crippen molar-refractivity contribution < 1.29 is 31.6 Å². The molecule has 1 fully saturated rings. The van der Waals surface area contributed by atoms with Crippen molar-refractivity contribution in [2.45, 2.75) is 25.2 Å². The Morgan fingerprint density at radius 1 is 1.14 bits per heavy atom. The van der Waals surface area contributed by atoms with Crippen LogP contribution in [0, 0.1) is 5.82 Å². The zero-order valence-corrected chi connectivity index (χ0v) is 17.9. The Morgan fingerprint density at radius 2 is 1.97 bits per heavy atom. The second kappa shape index (κ2) is 8.85. The van der Waals surface area contributed by atoms with Crippen LogP contribution in [0.2, 0.25) is 0 Å². The highest BCUT2D eigenvalue weighted by atomic mass is 19.4. The lowest BCUT2D eigenvalue weighted by Crippen LogP contribution is -2.31. The summed E-state index contributed by atoms with van der Waals surface area (Å²) >= 11 is 0. The van der Waals surface area contributed by atoms with Crippen LogP contribution >= 0.6 is 0 Å². The highest BCUT2D eigenvalue weighted by Crippen LogP contribution is 2.37. The van der Waals surface area contributed by atoms with Gasteiger partial charge in [-0.05, 0) is 49.2 Å². The maximum absolute atomic E-state index is 14.1. The van der Waals surface area contributed by atoms with E-state index in [0.717, 1.165) is 12.1 Å². The molecule has 5 rings (SSSR count). The molecule has 0 bridgehead atoms. The van der Waals surface area contributed by atoms with Crippen molar-refractivity contribution in [3.05, 3.63) is 72.0 Å². The van der Waals surface area contributed by atoms with Gasteiger partial charge >= 0.3 is 6.36 Å². The molecule has 1 N–H and O–H groups in total. The molecule has 1 amide bonds. The number of amides is 1. The van der Waals surface area contributed by atoms with Crippen molar-refractivity contribution in [2.75, 3.05) is 6.54 Å². The van der Waals surface area contributed by atoms with Gasteiger partial charge in [0.05, 0.1) is 16.8 Å². The number of benzene rings is 2. The number of H-pyrrole nitrogens is 1. The fourth-order valence-corrected chi connectivity index (χ4v) is 4.10. The van der Waals surface area contributed by atoms with Crippen LogP contribution < -0.4 is 4.74 Å². The average Bonchev–Trinajstić information content (AvgIpc) is 3.59. The number of alkyl halides is 3. The Balaban J connectivity index is 1.45. The lowest BCUT2D eigenvalue weighted by molar-refractivity contribution is -0.274. The van der Waals surface area contributed by atoms with Crippen molar-refractivity contribution in [3.63, 3.8) is 0 Å². The van der Waals surface area contributed by atoms with E-state index in [0.29, 0.717) is 30.6 Å². The third kappa shape index (κ3) is 4.59. The number of hydrogen-bond acceptors (Lipinski definition) is 6. The van der Waals surface area contributed by atoms with E-state index in [1.807, 2.05) is 0 Å². The van der Waals surface area contributed by atoms with Gasteiger partial charge in [-0.3, -0.25) is 9.89 Å². The summed E-state index contributed by atoms with van der Waals surface area (Å²) in [6.45, 7) is 0.355. The van der Waals surface area contributed by atoms with Gasteiger partial charge in [0.15, 0.2) is 0 Å². The monoisotopic (exact) mass is 487 g/mol. The molecule has 35 heavy (non-hydrogen) atoms.